The summed E-state index contributed by atoms with van der Waals surface area (Å²) in [4.78, 5) is 5.48. The van der Waals surface area contributed by atoms with Gasteiger partial charge >= 0.3 is 0 Å². The van der Waals surface area contributed by atoms with Crippen molar-refractivity contribution >= 4 is 0 Å². The van der Waals surface area contributed by atoms with Gasteiger partial charge in [0.1, 0.15) is 0 Å². The van der Waals surface area contributed by atoms with Crippen LogP contribution in [-0.4, -0.2) is 48.1 Å². The van der Waals surface area contributed by atoms with Crippen molar-refractivity contribution in [2.24, 2.45) is 10.8 Å². The quantitative estimate of drug-likeness (QED) is 0.720. The van der Waals surface area contributed by atoms with E-state index in [0.29, 0.717) is 10.8 Å². The molecule has 2 fully saturated rings. The predicted molar refractivity (Wildman–Crippen MR) is 97.3 cm³/mol. The smallest absolute Gasteiger partial charge is 0.00677 e. The second kappa shape index (κ2) is 7.21. The lowest BCUT2D eigenvalue weighted by Gasteiger charge is -2.43. The van der Waals surface area contributed by atoms with Crippen LogP contribution in [0.3, 0.4) is 0 Å². The monoisotopic (exact) mass is 308 g/mol. The average Bonchev–Trinajstić information content (AvgIpc) is 2.43. The maximum atomic E-state index is 2.75. The van der Waals surface area contributed by atoms with Crippen LogP contribution >= 0.6 is 0 Å². The summed E-state index contributed by atoms with van der Waals surface area (Å²) in [5.74, 6) is 0. The highest BCUT2D eigenvalue weighted by atomic mass is 15.2. The highest BCUT2D eigenvalue weighted by molar-refractivity contribution is 4.84. The van der Waals surface area contributed by atoms with Crippen LogP contribution in [0.1, 0.15) is 80.1 Å². The molecule has 2 nitrogen and oxygen atoms in total. The molecular weight excluding hydrogens is 268 g/mol. The number of likely N-dealkylation sites (tertiary alicyclic amines) is 2. The Hall–Kier alpha value is -0.0800. The van der Waals surface area contributed by atoms with Crippen LogP contribution in [0.5, 0.6) is 0 Å². The summed E-state index contributed by atoms with van der Waals surface area (Å²) in [5.41, 5.74) is 1.10. The number of nitrogens with zero attached hydrogens (tertiary/aromatic N) is 2. The third-order valence-corrected chi connectivity index (χ3v) is 6.33. The van der Waals surface area contributed by atoms with Gasteiger partial charge in [0.2, 0.25) is 0 Å². The zero-order valence-corrected chi connectivity index (χ0v) is 16.1. The van der Waals surface area contributed by atoms with E-state index in [1.807, 2.05) is 0 Å². The van der Waals surface area contributed by atoms with Gasteiger partial charge in [-0.2, -0.15) is 0 Å². The maximum Gasteiger partial charge on any atom is 0.00677 e. The highest BCUT2D eigenvalue weighted by Gasteiger charge is 2.30. The van der Waals surface area contributed by atoms with Crippen LogP contribution in [0.4, 0.5) is 0 Å². The molecule has 130 valence electrons. The van der Waals surface area contributed by atoms with Crippen molar-refractivity contribution in [3.8, 4) is 0 Å². The van der Waals surface area contributed by atoms with E-state index in [4.69, 9.17) is 0 Å². The van der Waals surface area contributed by atoms with Gasteiger partial charge in [-0.1, -0.05) is 27.7 Å². The molecule has 2 aliphatic rings. The Morgan fingerprint density at radius 2 is 1.27 bits per heavy atom. The third-order valence-electron chi connectivity index (χ3n) is 6.33. The Labute approximate surface area is 139 Å². The van der Waals surface area contributed by atoms with Gasteiger partial charge in [-0.25, -0.2) is 0 Å². The Kier molecular flexibility index (Phi) is 5.99. The second-order valence-corrected chi connectivity index (χ2v) is 9.71. The molecule has 0 aromatic heterocycles. The lowest BCUT2D eigenvalue weighted by molar-refractivity contribution is 0.0668. The minimum atomic E-state index is 0.524. The fraction of sp³-hybridized carbons (Fsp3) is 1.00. The van der Waals surface area contributed by atoms with Crippen molar-refractivity contribution in [2.75, 3.05) is 26.2 Å². The average molecular weight is 309 g/mol. The molecule has 22 heavy (non-hydrogen) atoms. The van der Waals surface area contributed by atoms with Crippen LogP contribution in [0.15, 0.2) is 0 Å². The first kappa shape index (κ1) is 18.3. The molecular formula is C20H40N2. The van der Waals surface area contributed by atoms with Crippen molar-refractivity contribution in [1.82, 2.24) is 9.80 Å². The van der Waals surface area contributed by atoms with E-state index in [1.165, 1.54) is 64.7 Å². The number of piperidine rings is 2. The van der Waals surface area contributed by atoms with E-state index in [-0.39, 0.29) is 0 Å². The van der Waals surface area contributed by atoms with Crippen LogP contribution < -0.4 is 0 Å². The summed E-state index contributed by atoms with van der Waals surface area (Å²) in [5, 5.41) is 0. The zero-order valence-electron chi connectivity index (χ0n) is 16.1. The number of rotatable bonds is 5. The van der Waals surface area contributed by atoms with E-state index >= 15 is 0 Å². The summed E-state index contributed by atoms with van der Waals surface area (Å²) < 4.78 is 0. The van der Waals surface area contributed by atoms with Crippen molar-refractivity contribution in [1.29, 1.82) is 0 Å². The van der Waals surface area contributed by atoms with E-state index < -0.39 is 0 Å². The molecule has 0 amide bonds. The Morgan fingerprint density at radius 3 is 1.82 bits per heavy atom. The fourth-order valence-electron chi connectivity index (χ4n) is 4.26. The molecule has 0 aromatic rings. The molecule has 2 unspecified atom stereocenters. The van der Waals surface area contributed by atoms with Gasteiger partial charge in [0.25, 0.3) is 0 Å². The first-order valence-electron chi connectivity index (χ1n) is 9.67. The molecule has 2 rings (SSSR count). The minimum absolute atomic E-state index is 0.524. The normalized spacial score (nSPS) is 29.2. The summed E-state index contributed by atoms with van der Waals surface area (Å²) in [6.07, 6.45) is 8.24. The third kappa shape index (κ3) is 5.23. The lowest BCUT2D eigenvalue weighted by atomic mass is 9.82. The second-order valence-electron chi connectivity index (χ2n) is 9.71. The minimum Gasteiger partial charge on any atom is -0.301 e. The van der Waals surface area contributed by atoms with E-state index in [9.17, 15) is 0 Å². The first-order chi connectivity index (χ1) is 10.2. The number of hydrogen-bond acceptors (Lipinski definition) is 2. The van der Waals surface area contributed by atoms with Crippen LogP contribution in [0.2, 0.25) is 0 Å². The first-order valence-corrected chi connectivity index (χ1v) is 9.67. The summed E-state index contributed by atoms with van der Waals surface area (Å²) in [7, 11) is 0. The summed E-state index contributed by atoms with van der Waals surface area (Å²) >= 11 is 0. The van der Waals surface area contributed by atoms with Gasteiger partial charge in [-0.15, -0.1) is 0 Å². The molecule has 2 atom stereocenters. The molecule has 0 N–H and O–H groups in total. The lowest BCUT2D eigenvalue weighted by Crippen LogP contribution is -2.46. The molecule has 0 bridgehead atoms. The topological polar surface area (TPSA) is 6.48 Å². The van der Waals surface area contributed by atoms with E-state index in [1.54, 1.807) is 0 Å². The van der Waals surface area contributed by atoms with Crippen LogP contribution in [0, 0.1) is 10.8 Å². The van der Waals surface area contributed by atoms with Crippen molar-refractivity contribution in [2.45, 2.75) is 92.2 Å². The molecule has 2 heterocycles. The van der Waals surface area contributed by atoms with Crippen molar-refractivity contribution in [3.63, 3.8) is 0 Å². The molecule has 0 aliphatic carbocycles. The number of hydrogen-bond donors (Lipinski definition) is 0. The Bertz CT molecular complexity index is 338. The van der Waals surface area contributed by atoms with Gasteiger partial charge in [0, 0.05) is 18.6 Å². The van der Waals surface area contributed by atoms with Crippen molar-refractivity contribution in [3.05, 3.63) is 0 Å². The Morgan fingerprint density at radius 1 is 0.727 bits per heavy atom. The van der Waals surface area contributed by atoms with Gasteiger partial charge < -0.3 is 9.80 Å². The molecule has 2 aliphatic heterocycles. The predicted octanol–water partition coefficient (Wildman–Crippen LogP) is 4.79. The largest absolute Gasteiger partial charge is 0.301 e. The molecule has 0 radical (unpaired) electrons. The molecule has 2 heteroatoms. The Balaban J connectivity index is 1.73. The molecule has 0 spiro atoms. The molecule has 2 saturated heterocycles. The van der Waals surface area contributed by atoms with E-state index in [0.717, 1.165) is 12.1 Å². The fourth-order valence-corrected chi connectivity index (χ4v) is 4.26. The van der Waals surface area contributed by atoms with Gasteiger partial charge in [0.05, 0.1) is 0 Å². The highest BCUT2D eigenvalue weighted by Crippen LogP contribution is 2.32. The maximum absolute atomic E-state index is 2.75. The van der Waals surface area contributed by atoms with Gasteiger partial charge in [-0.3, -0.25) is 0 Å². The van der Waals surface area contributed by atoms with Gasteiger partial charge in [-0.05, 0) is 82.8 Å². The molecule has 0 saturated carbocycles. The van der Waals surface area contributed by atoms with E-state index in [2.05, 4.69) is 51.3 Å². The SMILES string of the molecule is CC(CCC(C)N1CCCC(C)(C)C1)N1CCC(C)(C)CC1. The summed E-state index contributed by atoms with van der Waals surface area (Å²) in [6.45, 7) is 19.8. The van der Waals surface area contributed by atoms with Crippen LogP contribution in [0.25, 0.3) is 0 Å². The van der Waals surface area contributed by atoms with Crippen LogP contribution in [-0.2, 0) is 0 Å². The zero-order chi connectivity index (χ0) is 16.4. The summed E-state index contributed by atoms with van der Waals surface area (Å²) in [6, 6.07) is 1.51. The van der Waals surface area contributed by atoms with Gasteiger partial charge in [0.15, 0.2) is 0 Å². The molecule has 0 aromatic carbocycles. The standard InChI is InChI=1S/C20H40N2/c1-17(21-14-11-19(3,4)12-15-21)8-9-18(2)22-13-7-10-20(5,6)16-22/h17-18H,7-16H2,1-6H3. The van der Waals surface area contributed by atoms with Crippen molar-refractivity contribution < 1.29 is 0 Å².